The molecule has 1 aromatic carbocycles. The Morgan fingerprint density at radius 3 is 2.39 bits per heavy atom. The summed E-state index contributed by atoms with van der Waals surface area (Å²) in [5.41, 5.74) is 1.46. The van der Waals surface area contributed by atoms with Gasteiger partial charge in [-0.25, -0.2) is 0 Å². The molecule has 0 bridgehead atoms. The minimum absolute atomic E-state index is 0.0898. The van der Waals surface area contributed by atoms with Crippen LogP contribution in [0.1, 0.15) is 27.6 Å². The lowest BCUT2D eigenvalue weighted by molar-refractivity contribution is -0.119. The fraction of sp³-hybridized carbons (Fsp3) is 0.214. The highest BCUT2D eigenvalue weighted by Crippen LogP contribution is 2.33. The van der Waals surface area contributed by atoms with Crippen molar-refractivity contribution < 1.29 is 14.4 Å². The maximum absolute atomic E-state index is 12.4. The molecule has 4 heteroatoms. The van der Waals surface area contributed by atoms with Crippen molar-refractivity contribution in [3.8, 4) is 0 Å². The number of hydrogen-bond acceptors (Lipinski definition) is 4. The minimum atomic E-state index is -0.496. The average molecular weight is 241 g/mol. The van der Waals surface area contributed by atoms with Gasteiger partial charge in [0.25, 0.3) is 0 Å². The predicted octanol–water partition coefficient (Wildman–Crippen LogP) is 1.13. The highest BCUT2D eigenvalue weighted by Gasteiger charge is 2.41. The van der Waals surface area contributed by atoms with Gasteiger partial charge in [-0.15, -0.1) is 0 Å². The molecule has 1 atom stereocenters. The van der Waals surface area contributed by atoms with E-state index in [1.165, 1.54) is 6.92 Å². The highest BCUT2D eigenvalue weighted by molar-refractivity contribution is 6.28. The maximum atomic E-state index is 12.4. The Morgan fingerprint density at radius 2 is 1.78 bits per heavy atom. The molecule has 90 valence electrons. The van der Waals surface area contributed by atoms with Gasteiger partial charge < -0.3 is 5.32 Å². The average Bonchev–Trinajstić information content (AvgIpc) is 2.81. The second kappa shape index (κ2) is 3.63. The number of Topliss-reactive ketones (excluding diaryl/α,β-unsaturated/α-hetero) is 3. The minimum Gasteiger partial charge on any atom is -0.380 e. The van der Waals surface area contributed by atoms with E-state index in [9.17, 15) is 14.4 Å². The zero-order valence-electron chi connectivity index (χ0n) is 9.82. The topological polar surface area (TPSA) is 63.2 Å². The normalized spacial score (nSPS) is 21.5. The van der Waals surface area contributed by atoms with Crippen LogP contribution < -0.4 is 5.32 Å². The molecule has 3 rings (SSSR count). The van der Waals surface area contributed by atoms with Crippen LogP contribution in [-0.2, 0) is 4.79 Å². The van der Waals surface area contributed by atoms with Crippen molar-refractivity contribution in [1.82, 2.24) is 5.32 Å². The quantitative estimate of drug-likeness (QED) is 0.800. The SMILES string of the molecule is CC(=O)C1CNC2=C1C(=O)c1ccccc1C2=O. The van der Waals surface area contributed by atoms with Crippen molar-refractivity contribution >= 4 is 17.3 Å². The molecule has 0 spiro atoms. The molecule has 2 aliphatic rings. The van der Waals surface area contributed by atoms with Gasteiger partial charge >= 0.3 is 0 Å². The number of benzene rings is 1. The maximum Gasteiger partial charge on any atom is 0.210 e. The molecule has 0 fully saturated rings. The largest absolute Gasteiger partial charge is 0.380 e. The van der Waals surface area contributed by atoms with Crippen LogP contribution in [0.25, 0.3) is 0 Å². The first kappa shape index (κ1) is 10.9. The molecule has 0 saturated carbocycles. The van der Waals surface area contributed by atoms with Crippen LogP contribution in [0.3, 0.4) is 0 Å². The zero-order valence-corrected chi connectivity index (χ0v) is 9.82. The summed E-state index contributed by atoms with van der Waals surface area (Å²) in [7, 11) is 0. The van der Waals surface area contributed by atoms with Gasteiger partial charge in [0, 0.05) is 23.2 Å². The molecular weight excluding hydrogens is 230 g/mol. The lowest BCUT2D eigenvalue weighted by atomic mass is 9.82. The molecule has 0 aromatic heterocycles. The lowest BCUT2D eigenvalue weighted by Crippen LogP contribution is -2.25. The van der Waals surface area contributed by atoms with Gasteiger partial charge in [-0.3, -0.25) is 14.4 Å². The van der Waals surface area contributed by atoms with E-state index < -0.39 is 5.92 Å². The second-order valence-electron chi connectivity index (χ2n) is 4.54. The number of fused-ring (bicyclic) bond motifs is 1. The van der Waals surface area contributed by atoms with E-state index in [1.807, 2.05) is 0 Å². The molecule has 0 radical (unpaired) electrons. The Labute approximate surface area is 104 Å². The molecule has 1 aliphatic heterocycles. The number of nitrogens with one attached hydrogen (secondary N) is 1. The smallest absolute Gasteiger partial charge is 0.210 e. The number of hydrogen-bond donors (Lipinski definition) is 1. The summed E-state index contributed by atoms with van der Waals surface area (Å²) >= 11 is 0. The van der Waals surface area contributed by atoms with Gasteiger partial charge in [-0.2, -0.15) is 0 Å². The van der Waals surface area contributed by atoms with Gasteiger partial charge in [-0.05, 0) is 6.92 Å². The number of carbonyl (C=O) groups excluding carboxylic acids is 3. The molecule has 0 amide bonds. The van der Waals surface area contributed by atoms with E-state index >= 15 is 0 Å². The molecule has 18 heavy (non-hydrogen) atoms. The van der Waals surface area contributed by atoms with Crippen LogP contribution in [-0.4, -0.2) is 23.9 Å². The third-order valence-electron chi connectivity index (χ3n) is 3.48. The lowest BCUT2D eigenvalue weighted by Gasteiger charge is -2.17. The zero-order chi connectivity index (χ0) is 12.9. The first-order valence-electron chi connectivity index (χ1n) is 5.78. The number of rotatable bonds is 1. The Kier molecular flexibility index (Phi) is 2.20. The van der Waals surface area contributed by atoms with Gasteiger partial charge in [0.15, 0.2) is 5.78 Å². The van der Waals surface area contributed by atoms with Crippen LogP contribution in [0.4, 0.5) is 0 Å². The van der Waals surface area contributed by atoms with E-state index in [0.717, 1.165) is 0 Å². The van der Waals surface area contributed by atoms with Crippen LogP contribution in [0.2, 0.25) is 0 Å². The molecule has 1 heterocycles. The van der Waals surface area contributed by atoms with E-state index in [0.29, 0.717) is 28.9 Å². The Balaban J connectivity index is 2.20. The van der Waals surface area contributed by atoms with Crippen LogP contribution in [0, 0.1) is 5.92 Å². The summed E-state index contributed by atoms with van der Waals surface area (Å²) in [5, 5.41) is 2.90. The van der Waals surface area contributed by atoms with E-state index in [4.69, 9.17) is 0 Å². The van der Waals surface area contributed by atoms with Crippen molar-refractivity contribution in [2.75, 3.05) is 6.54 Å². The van der Waals surface area contributed by atoms with Crippen LogP contribution in [0.5, 0.6) is 0 Å². The third kappa shape index (κ3) is 1.29. The van der Waals surface area contributed by atoms with Gasteiger partial charge in [0.05, 0.1) is 11.6 Å². The molecule has 1 aromatic rings. The molecule has 1 unspecified atom stereocenters. The first-order chi connectivity index (χ1) is 8.61. The number of ketones is 3. The summed E-state index contributed by atoms with van der Waals surface area (Å²) in [6.07, 6.45) is 0. The second-order valence-corrected chi connectivity index (χ2v) is 4.54. The summed E-state index contributed by atoms with van der Waals surface area (Å²) in [6.45, 7) is 1.78. The first-order valence-corrected chi connectivity index (χ1v) is 5.78. The van der Waals surface area contributed by atoms with Crippen LogP contribution in [0.15, 0.2) is 35.5 Å². The molecular formula is C14H11NO3. The Hall–Kier alpha value is -2.23. The van der Waals surface area contributed by atoms with Crippen molar-refractivity contribution in [3.05, 3.63) is 46.7 Å². The monoisotopic (exact) mass is 241 g/mol. The van der Waals surface area contributed by atoms with Gasteiger partial charge in [0.1, 0.15) is 5.78 Å². The number of carbonyl (C=O) groups is 3. The Bertz CT molecular complexity index is 628. The fourth-order valence-electron chi connectivity index (χ4n) is 2.56. The van der Waals surface area contributed by atoms with Crippen molar-refractivity contribution in [1.29, 1.82) is 0 Å². The van der Waals surface area contributed by atoms with E-state index in [1.54, 1.807) is 24.3 Å². The molecule has 1 N–H and O–H groups in total. The summed E-state index contributed by atoms with van der Waals surface area (Å²) in [6, 6.07) is 6.73. The third-order valence-corrected chi connectivity index (χ3v) is 3.48. The van der Waals surface area contributed by atoms with E-state index in [2.05, 4.69) is 5.32 Å². The number of allylic oxidation sites excluding steroid dienone is 1. The van der Waals surface area contributed by atoms with Gasteiger partial charge in [0.2, 0.25) is 5.78 Å². The molecule has 1 aliphatic carbocycles. The summed E-state index contributed by atoms with van der Waals surface area (Å²) in [5.74, 6) is -0.979. The van der Waals surface area contributed by atoms with Gasteiger partial charge in [-0.1, -0.05) is 24.3 Å². The summed E-state index contributed by atoms with van der Waals surface area (Å²) in [4.78, 5) is 36.1. The van der Waals surface area contributed by atoms with Crippen LogP contribution >= 0.6 is 0 Å². The Morgan fingerprint density at radius 1 is 1.17 bits per heavy atom. The highest BCUT2D eigenvalue weighted by atomic mass is 16.1. The standard InChI is InChI=1S/C14H11NO3/c1-7(16)10-6-15-12-11(10)13(17)8-4-2-3-5-9(8)14(12)18/h2-5,10,15H,6H2,1H3. The van der Waals surface area contributed by atoms with Crippen molar-refractivity contribution in [3.63, 3.8) is 0 Å². The molecule has 4 nitrogen and oxygen atoms in total. The van der Waals surface area contributed by atoms with E-state index in [-0.39, 0.29) is 17.3 Å². The summed E-state index contributed by atoms with van der Waals surface area (Å²) < 4.78 is 0. The fourth-order valence-corrected chi connectivity index (χ4v) is 2.56. The van der Waals surface area contributed by atoms with Crippen molar-refractivity contribution in [2.45, 2.75) is 6.92 Å². The van der Waals surface area contributed by atoms with Crippen molar-refractivity contribution in [2.24, 2.45) is 5.92 Å². The predicted molar refractivity (Wildman–Crippen MR) is 64.3 cm³/mol. The molecule has 0 saturated heterocycles.